The first-order valence-corrected chi connectivity index (χ1v) is 27.9. The van der Waals surface area contributed by atoms with E-state index in [1.165, 1.54) is 127 Å². The fraction of sp³-hybridized carbons (Fsp3) is 0.0256. The lowest BCUT2D eigenvalue weighted by Crippen LogP contribution is -2.33. The molecule has 3 aliphatic rings. The van der Waals surface area contributed by atoms with Crippen LogP contribution in [-0.4, -0.2) is 4.57 Å². The summed E-state index contributed by atoms with van der Waals surface area (Å²) in [5.41, 5.74) is 26.2. The zero-order valence-corrected chi connectivity index (χ0v) is 43.8. The van der Waals surface area contributed by atoms with Crippen LogP contribution in [0.3, 0.4) is 0 Å². The number of hydrogen-bond acceptors (Lipinski definition) is 1. The molecule has 0 N–H and O–H groups in total. The molecule has 0 radical (unpaired) electrons. The normalized spacial score (nSPS) is 14.9. The quantitative estimate of drug-likeness (QED) is 0.154. The number of fused-ring (bicyclic) bond motifs is 16. The number of hydrogen-bond donors (Lipinski definition) is 0. The minimum atomic E-state index is -0.539. The third-order valence-electron chi connectivity index (χ3n) is 18.0. The molecule has 17 rings (SSSR count). The number of anilines is 3. The maximum atomic E-state index is 2.52. The summed E-state index contributed by atoms with van der Waals surface area (Å²) in [4.78, 5) is 2.52. The largest absolute Gasteiger partial charge is 0.309 e. The predicted octanol–water partition coefficient (Wildman–Crippen LogP) is 19.8. The summed E-state index contributed by atoms with van der Waals surface area (Å²) in [5, 5.41) is 4.94. The van der Waals surface area contributed by atoms with Crippen LogP contribution >= 0.6 is 0 Å². The standard InChI is InChI=1S/C78H50N2/c1-4-22-51(23-5-1)59-28-12-17-38-71(59)79(74-41-21-36-68-75(74)64-31-11-15-34-66(64)77(68,56-24-6-2-7-25-56)57-26-8-3-9-27-57)58-46-44-53-48-52(42-43-54(53)49-58)55-45-47-61-60-29-10-14-33-65(60)78(70(61)50-55)67-35-16-19-40-73(67)80-72-39-18-13-30-62(72)63-32-20-37-69(78)76(63)80/h1-50H. The fourth-order valence-electron chi connectivity index (χ4n) is 14.9. The van der Waals surface area contributed by atoms with Gasteiger partial charge in [-0.25, -0.2) is 0 Å². The Kier molecular flexibility index (Phi) is 9.58. The van der Waals surface area contributed by atoms with E-state index in [1.807, 2.05) is 0 Å². The molecule has 1 unspecified atom stereocenters. The van der Waals surface area contributed by atoms with Crippen molar-refractivity contribution < 1.29 is 0 Å². The van der Waals surface area contributed by atoms with E-state index in [2.05, 4.69) is 313 Å². The topological polar surface area (TPSA) is 8.17 Å². The van der Waals surface area contributed by atoms with Crippen molar-refractivity contribution in [2.24, 2.45) is 0 Å². The molecular weight excluding hydrogens is 965 g/mol. The van der Waals surface area contributed by atoms with Crippen molar-refractivity contribution in [2.45, 2.75) is 10.8 Å². The maximum Gasteiger partial charge on any atom is 0.0754 e. The van der Waals surface area contributed by atoms with E-state index in [9.17, 15) is 0 Å². The summed E-state index contributed by atoms with van der Waals surface area (Å²) in [5.74, 6) is 0. The SMILES string of the molecule is c1ccc(-c2ccccc2N(c2ccc3cc(-c4ccc5c(c4)C4(c6ccccc6-5)c5ccccc5-n5c6ccccc6c6cccc4c65)ccc3c2)c2cccc3c2-c2ccccc2C3(c2ccccc2)c2ccccc2)cc1. The van der Waals surface area contributed by atoms with E-state index in [0.29, 0.717) is 0 Å². The smallest absolute Gasteiger partial charge is 0.0754 e. The zero-order chi connectivity index (χ0) is 52.5. The van der Waals surface area contributed by atoms with E-state index in [0.717, 1.165) is 17.1 Å². The molecule has 2 nitrogen and oxygen atoms in total. The first-order chi connectivity index (χ1) is 39.7. The molecule has 2 aliphatic carbocycles. The molecule has 0 bridgehead atoms. The molecule has 13 aromatic carbocycles. The number of aromatic nitrogens is 1. The third-order valence-corrected chi connectivity index (χ3v) is 18.0. The lowest BCUT2D eigenvalue weighted by molar-refractivity contribution is 0.749. The second-order valence-corrected chi connectivity index (χ2v) is 21.8. The Bertz CT molecular complexity index is 4800. The zero-order valence-electron chi connectivity index (χ0n) is 43.8. The Hall–Kier alpha value is -10.3. The molecule has 1 aliphatic heterocycles. The summed E-state index contributed by atoms with van der Waals surface area (Å²) in [7, 11) is 0. The predicted molar refractivity (Wildman–Crippen MR) is 332 cm³/mol. The molecule has 0 fully saturated rings. The van der Waals surface area contributed by atoms with Crippen LogP contribution in [-0.2, 0) is 10.8 Å². The summed E-state index contributed by atoms with van der Waals surface area (Å²) in [6, 6.07) is 114. The van der Waals surface area contributed by atoms with Gasteiger partial charge in [-0.05, 0) is 137 Å². The van der Waals surface area contributed by atoms with Gasteiger partial charge in [0.25, 0.3) is 0 Å². The summed E-state index contributed by atoms with van der Waals surface area (Å²) in [6.45, 7) is 0. The average Bonchev–Trinajstić information content (AvgIpc) is 3.02. The van der Waals surface area contributed by atoms with Crippen molar-refractivity contribution in [2.75, 3.05) is 4.90 Å². The van der Waals surface area contributed by atoms with Gasteiger partial charge in [0.1, 0.15) is 0 Å². The highest BCUT2D eigenvalue weighted by Gasteiger charge is 2.51. The Balaban J connectivity index is 0.853. The Morgan fingerprint density at radius 2 is 0.825 bits per heavy atom. The number of benzene rings is 13. The highest BCUT2D eigenvalue weighted by molar-refractivity contribution is 6.13. The van der Waals surface area contributed by atoms with Gasteiger partial charge >= 0.3 is 0 Å². The monoisotopic (exact) mass is 1010 g/mol. The van der Waals surface area contributed by atoms with Crippen molar-refractivity contribution in [1.29, 1.82) is 0 Å². The van der Waals surface area contributed by atoms with E-state index < -0.39 is 10.8 Å². The molecule has 14 aromatic rings. The molecule has 372 valence electrons. The Morgan fingerprint density at radius 3 is 1.62 bits per heavy atom. The molecule has 2 heterocycles. The van der Waals surface area contributed by atoms with Gasteiger partial charge in [-0.3, -0.25) is 0 Å². The van der Waals surface area contributed by atoms with E-state index in [-0.39, 0.29) is 0 Å². The van der Waals surface area contributed by atoms with Crippen LogP contribution in [0.25, 0.3) is 82.8 Å². The van der Waals surface area contributed by atoms with Crippen molar-refractivity contribution in [3.05, 3.63) is 348 Å². The van der Waals surface area contributed by atoms with Crippen molar-refractivity contribution in [3.8, 4) is 50.2 Å². The fourth-order valence-corrected chi connectivity index (χ4v) is 14.9. The maximum absolute atomic E-state index is 2.52. The molecule has 0 saturated heterocycles. The summed E-state index contributed by atoms with van der Waals surface area (Å²) >= 11 is 0. The van der Waals surface area contributed by atoms with Gasteiger partial charge in [0.2, 0.25) is 0 Å². The third kappa shape index (κ3) is 6.02. The van der Waals surface area contributed by atoms with Crippen molar-refractivity contribution in [3.63, 3.8) is 0 Å². The minimum Gasteiger partial charge on any atom is -0.309 e. The van der Waals surface area contributed by atoms with Crippen LogP contribution in [0.5, 0.6) is 0 Å². The van der Waals surface area contributed by atoms with Crippen LogP contribution in [0.1, 0.15) is 44.5 Å². The number of rotatable bonds is 7. The molecule has 80 heavy (non-hydrogen) atoms. The molecule has 1 aromatic heterocycles. The van der Waals surface area contributed by atoms with E-state index in [1.54, 1.807) is 0 Å². The first-order valence-electron chi connectivity index (χ1n) is 27.9. The van der Waals surface area contributed by atoms with Crippen LogP contribution in [0.4, 0.5) is 17.1 Å². The van der Waals surface area contributed by atoms with Crippen LogP contribution in [0.15, 0.2) is 303 Å². The average molecular weight is 1020 g/mol. The Morgan fingerprint density at radius 1 is 0.287 bits per heavy atom. The lowest BCUT2D eigenvalue weighted by Gasteiger charge is -2.39. The van der Waals surface area contributed by atoms with E-state index >= 15 is 0 Å². The Labute approximate surface area is 465 Å². The van der Waals surface area contributed by atoms with Gasteiger partial charge < -0.3 is 9.47 Å². The van der Waals surface area contributed by atoms with Crippen molar-refractivity contribution >= 4 is 49.6 Å². The minimum absolute atomic E-state index is 0.520. The lowest BCUT2D eigenvalue weighted by atomic mass is 9.65. The van der Waals surface area contributed by atoms with Crippen LogP contribution in [0, 0.1) is 0 Å². The molecule has 1 atom stereocenters. The number of nitrogens with zero attached hydrogens (tertiary/aromatic N) is 2. The van der Waals surface area contributed by atoms with Gasteiger partial charge in [0.05, 0.1) is 38.9 Å². The van der Waals surface area contributed by atoms with Gasteiger partial charge in [-0.15, -0.1) is 0 Å². The van der Waals surface area contributed by atoms with Crippen LogP contribution < -0.4 is 4.90 Å². The summed E-state index contributed by atoms with van der Waals surface area (Å²) < 4.78 is 2.52. The second-order valence-electron chi connectivity index (χ2n) is 21.8. The highest BCUT2D eigenvalue weighted by Crippen LogP contribution is 2.63. The van der Waals surface area contributed by atoms with Gasteiger partial charge in [-0.1, -0.05) is 255 Å². The van der Waals surface area contributed by atoms with E-state index in [4.69, 9.17) is 0 Å². The molecule has 0 amide bonds. The second kappa shape index (κ2) is 17.1. The van der Waals surface area contributed by atoms with Gasteiger partial charge in [-0.2, -0.15) is 0 Å². The van der Waals surface area contributed by atoms with Crippen molar-refractivity contribution in [1.82, 2.24) is 4.57 Å². The van der Waals surface area contributed by atoms with Crippen LogP contribution in [0.2, 0.25) is 0 Å². The summed E-state index contributed by atoms with van der Waals surface area (Å²) in [6.07, 6.45) is 0. The molecular formula is C78H50N2. The first kappa shape index (κ1) is 44.8. The van der Waals surface area contributed by atoms with Gasteiger partial charge in [0, 0.05) is 27.6 Å². The molecule has 0 saturated carbocycles. The molecule has 2 heteroatoms. The van der Waals surface area contributed by atoms with Gasteiger partial charge in [0.15, 0.2) is 0 Å². The molecule has 1 spiro atoms. The number of para-hydroxylation sites is 4. The highest BCUT2D eigenvalue weighted by atomic mass is 15.1.